The molecule has 1 amide bonds. The molecule has 0 aliphatic rings. The standard InChI is InChI=1S/C14H21N5O/c1-4-13(19-9-5-7-16-19)14(20)15-8-6-12-10(2)17-18-11(12)3/h5,7,9,13H,4,6,8H2,1-3H3,(H,15,20)(H,17,18)/t13-/m0/s1. The van der Waals surface area contributed by atoms with Crippen molar-refractivity contribution in [1.82, 2.24) is 25.3 Å². The highest BCUT2D eigenvalue weighted by molar-refractivity contribution is 5.80. The zero-order valence-electron chi connectivity index (χ0n) is 12.2. The maximum atomic E-state index is 12.2. The number of aryl methyl sites for hydroxylation is 2. The molecule has 0 fully saturated rings. The summed E-state index contributed by atoms with van der Waals surface area (Å²) in [6.45, 7) is 6.56. The molecule has 6 heteroatoms. The fraction of sp³-hybridized carbons (Fsp3) is 0.500. The van der Waals surface area contributed by atoms with E-state index in [0.29, 0.717) is 6.54 Å². The van der Waals surface area contributed by atoms with E-state index in [1.807, 2.05) is 33.0 Å². The smallest absolute Gasteiger partial charge is 0.244 e. The van der Waals surface area contributed by atoms with Gasteiger partial charge >= 0.3 is 0 Å². The summed E-state index contributed by atoms with van der Waals surface area (Å²) >= 11 is 0. The van der Waals surface area contributed by atoms with Crippen LogP contribution in [0.4, 0.5) is 0 Å². The first-order valence-corrected chi connectivity index (χ1v) is 6.90. The SMILES string of the molecule is CC[C@@H](C(=O)NCCc1c(C)n[nH]c1C)n1cccn1. The van der Waals surface area contributed by atoms with Gasteiger partial charge in [-0.1, -0.05) is 6.92 Å². The zero-order valence-corrected chi connectivity index (χ0v) is 12.2. The highest BCUT2D eigenvalue weighted by Gasteiger charge is 2.18. The molecule has 0 saturated heterocycles. The molecule has 0 bridgehead atoms. The molecule has 0 unspecified atom stereocenters. The normalized spacial score (nSPS) is 12.3. The van der Waals surface area contributed by atoms with Gasteiger partial charge in [0, 0.05) is 24.6 Å². The van der Waals surface area contributed by atoms with Crippen molar-refractivity contribution < 1.29 is 4.79 Å². The molecule has 108 valence electrons. The van der Waals surface area contributed by atoms with E-state index in [2.05, 4.69) is 20.6 Å². The maximum Gasteiger partial charge on any atom is 0.244 e. The van der Waals surface area contributed by atoms with Gasteiger partial charge in [0.25, 0.3) is 0 Å². The summed E-state index contributed by atoms with van der Waals surface area (Å²) in [5.41, 5.74) is 3.24. The molecular formula is C14H21N5O. The van der Waals surface area contributed by atoms with Crippen LogP contribution in [0.5, 0.6) is 0 Å². The highest BCUT2D eigenvalue weighted by atomic mass is 16.2. The summed E-state index contributed by atoms with van der Waals surface area (Å²) in [7, 11) is 0. The van der Waals surface area contributed by atoms with Gasteiger partial charge < -0.3 is 5.32 Å². The Morgan fingerprint density at radius 1 is 1.50 bits per heavy atom. The largest absolute Gasteiger partial charge is 0.354 e. The Morgan fingerprint density at radius 3 is 2.85 bits per heavy atom. The second-order valence-corrected chi connectivity index (χ2v) is 4.86. The number of H-pyrrole nitrogens is 1. The van der Waals surface area contributed by atoms with Gasteiger partial charge in [-0.3, -0.25) is 14.6 Å². The summed E-state index contributed by atoms with van der Waals surface area (Å²) in [6, 6.07) is 1.59. The Morgan fingerprint density at radius 2 is 2.30 bits per heavy atom. The number of nitrogens with one attached hydrogen (secondary N) is 2. The Kier molecular flexibility index (Phi) is 4.55. The Balaban J connectivity index is 1.89. The Labute approximate surface area is 118 Å². The zero-order chi connectivity index (χ0) is 14.5. The van der Waals surface area contributed by atoms with E-state index in [1.165, 1.54) is 5.56 Å². The van der Waals surface area contributed by atoms with E-state index in [4.69, 9.17) is 0 Å². The predicted octanol–water partition coefficient (Wildman–Crippen LogP) is 1.53. The molecule has 2 aromatic rings. The first-order chi connectivity index (χ1) is 9.63. The minimum Gasteiger partial charge on any atom is -0.354 e. The van der Waals surface area contributed by atoms with Crippen LogP contribution < -0.4 is 5.32 Å². The van der Waals surface area contributed by atoms with Crippen LogP contribution in [0.25, 0.3) is 0 Å². The molecule has 2 N–H and O–H groups in total. The average molecular weight is 275 g/mol. The van der Waals surface area contributed by atoms with Crippen molar-refractivity contribution in [3.63, 3.8) is 0 Å². The van der Waals surface area contributed by atoms with E-state index in [-0.39, 0.29) is 11.9 Å². The fourth-order valence-corrected chi connectivity index (χ4v) is 2.33. The van der Waals surface area contributed by atoms with Crippen molar-refractivity contribution in [3.8, 4) is 0 Å². The average Bonchev–Trinajstić information content (AvgIpc) is 3.04. The van der Waals surface area contributed by atoms with Crippen LogP contribution in [0.3, 0.4) is 0 Å². The quantitative estimate of drug-likeness (QED) is 0.839. The van der Waals surface area contributed by atoms with E-state index in [9.17, 15) is 4.79 Å². The van der Waals surface area contributed by atoms with E-state index < -0.39 is 0 Å². The van der Waals surface area contributed by atoms with Crippen LogP contribution in [0.1, 0.15) is 36.3 Å². The lowest BCUT2D eigenvalue weighted by Gasteiger charge is -2.15. The molecule has 0 saturated carbocycles. The van der Waals surface area contributed by atoms with Gasteiger partial charge in [0.15, 0.2) is 0 Å². The fourth-order valence-electron chi connectivity index (χ4n) is 2.33. The van der Waals surface area contributed by atoms with Crippen molar-refractivity contribution in [2.75, 3.05) is 6.54 Å². The van der Waals surface area contributed by atoms with Crippen LogP contribution in [-0.2, 0) is 11.2 Å². The third kappa shape index (κ3) is 3.07. The second kappa shape index (κ2) is 6.36. The van der Waals surface area contributed by atoms with Gasteiger partial charge in [0.05, 0.1) is 5.69 Å². The van der Waals surface area contributed by atoms with Crippen molar-refractivity contribution >= 4 is 5.91 Å². The van der Waals surface area contributed by atoms with Gasteiger partial charge in [-0.05, 0) is 38.3 Å². The van der Waals surface area contributed by atoms with Crippen molar-refractivity contribution in [2.24, 2.45) is 0 Å². The van der Waals surface area contributed by atoms with Gasteiger partial charge in [0.2, 0.25) is 5.91 Å². The number of aromatic amines is 1. The van der Waals surface area contributed by atoms with E-state index in [0.717, 1.165) is 24.2 Å². The highest BCUT2D eigenvalue weighted by Crippen LogP contribution is 2.11. The van der Waals surface area contributed by atoms with Crippen LogP contribution in [0.15, 0.2) is 18.5 Å². The number of hydrogen-bond acceptors (Lipinski definition) is 3. The number of carbonyl (C=O) groups is 1. The van der Waals surface area contributed by atoms with Gasteiger partial charge in [0.1, 0.15) is 6.04 Å². The Bertz CT molecular complexity index is 539. The number of rotatable bonds is 6. The maximum absolute atomic E-state index is 12.2. The first kappa shape index (κ1) is 14.3. The molecule has 1 atom stereocenters. The molecule has 0 radical (unpaired) electrons. The molecule has 0 aliphatic carbocycles. The number of amides is 1. The molecule has 20 heavy (non-hydrogen) atoms. The summed E-state index contributed by atoms with van der Waals surface area (Å²) in [5, 5.41) is 14.2. The number of carbonyl (C=O) groups excluding carboxylic acids is 1. The van der Waals surface area contributed by atoms with Gasteiger partial charge in [-0.15, -0.1) is 0 Å². The summed E-state index contributed by atoms with van der Waals surface area (Å²) in [4.78, 5) is 12.2. The molecule has 6 nitrogen and oxygen atoms in total. The third-order valence-corrected chi connectivity index (χ3v) is 3.49. The van der Waals surface area contributed by atoms with E-state index >= 15 is 0 Å². The number of nitrogens with zero attached hydrogens (tertiary/aromatic N) is 3. The minimum atomic E-state index is -0.239. The van der Waals surface area contributed by atoms with Crippen LogP contribution in [0.2, 0.25) is 0 Å². The summed E-state index contributed by atoms with van der Waals surface area (Å²) < 4.78 is 1.70. The summed E-state index contributed by atoms with van der Waals surface area (Å²) in [6.07, 6.45) is 5.01. The lowest BCUT2D eigenvalue weighted by atomic mass is 10.1. The third-order valence-electron chi connectivity index (χ3n) is 3.49. The molecule has 2 heterocycles. The van der Waals surface area contributed by atoms with Gasteiger partial charge in [-0.25, -0.2) is 0 Å². The molecule has 2 aromatic heterocycles. The van der Waals surface area contributed by atoms with Gasteiger partial charge in [-0.2, -0.15) is 10.2 Å². The lowest BCUT2D eigenvalue weighted by molar-refractivity contribution is -0.124. The summed E-state index contributed by atoms with van der Waals surface area (Å²) in [5.74, 6) is 0.00926. The lowest BCUT2D eigenvalue weighted by Crippen LogP contribution is -2.34. The molecule has 0 spiro atoms. The molecule has 0 aromatic carbocycles. The number of aromatic nitrogens is 4. The topological polar surface area (TPSA) is 75.6 Å². The van der Waals surface area contributed by atoms with Crippen molar-refractivity contribution in [3.05, 3.63) is 35.4 Å². The molecule has 0 aliphatic heterocycles. The van der Waals surface area contributed by atoms with Crippen molar-refractivity contribution in [1.29, 1.82) is 0 Å². The first-order valence-electron chi connectivity index (χ1n) is 6.90. The van der Waals surface area contributed by atoms with Crippen LogP contribution in [-0.4, -0.2) is 32.4 Å². The van der Waals surface area contributed by atoms with Crippen LogP contribution in [0, 0.1) is 13.8 Å². The second-order valence-electron chi connectivity index (χ2n) is 4.86. The predicted molar refractivity (Wildman–Crippen MR) is 76.3 cm³/mol. The van der Waals surface area contributed by atoms with Crippen molar-refractivity contribution in [2.45, 2.75) is 39.7 Å². The van der Waals surface area contributed by atoms with Crippen LogP contribution >= 0.6 is 0 Å². The monoisotopic (exact) mass is 275 g/mol. The van der Waals surface area contributed by atoms with E-state index in [1.54, 1.807) is 10.9 Å². The molecule has 2 rings (SSSR count). The Hall–Kier alpha value is -2.11. The number of hydrogen-bond donors (Lipinski definition) is 2. The molecular weight excluding hydrogens is 254 g/mol. The minimum absolute atomic E-state index is 0.00926.